The van der Waals surface area contributed by atoms with Crippen LogP contribution in [0.4, 0.5) is 0 Å². The maximum absolute atomic E-state index is 2.95. The summed E-state index contributed by atoms with van der Waals surface area (Å²) in [6, 6.07) is 8.05. The minimum absolute atomic E-state index is 0.234. The van der Waals surface area contributed by atoms with E-state index in [-0.39, 0.29) is 5.41 Å². The van der Waals surface area contributed by atoms with Gasteiger partial charge in [-0.3, -0.25) is 4.90 Å². The van der Waals surface area contributed by atoms with E-state index in [1.807, 2.05) is 44.7 Å². The second kappa shape index (κ2) is 5.92. The summed E-state index contributed by atoms with van der Waals surface area (Å²) in [5, 5.41) is 21.7. The van der Waals surface area contributed by atoms with Crippen LogP contribution in [-0.2, 0) is 18.3 Å². The van der Waals surface area contributed by atoms with Crippen molar-refractivity contribution in [3.05, 3.63) is 95.9 Å². The number of rotatable bonds is 1. The topological polar surface area (TPSA) is 3.24 Å². The van der Waals surface area contributed by atoms with Crippen LogP contribution in [0.5, 0.6) is 0 Å². The van der Waals surface area contributed by atoms with E-state index in [1.165, 1.54) is 38.6 Å². The number of allylic oxidation sites excluding steroid dienone is 3. The Morgan fingerprint density at radius 1 is 0.812 bits per heavy atom. The summed E-state index contributed by atoms with van der Waals surface area (Å²) in [4.78, 5) is 4.44. The van der Waals surface area contributed by atoms with Gasteiger partial charge in [-0.15, -0.1) is 11.3 Å². The minimum Gasteiger partial charge on any atom is -0.297 e. The SMILES string of the molecule is CN1CC23CC4CC5C=C6Cc7cc8c9c%10c%11c%12c%13c(c%14c2c4c2c(c4c(c6c7c9c4%11)C25)c%14%12)C(=CC2CC(C8)C%10C=%132)C3C1c1cccs1. The highest BCUT2D eigenvalue weighted by molar-refractivity contribution is 7.10. The van der Waals surface area contributed by atoms with Gasteiger partial charge in [0.25, 0.3) is 0 Å². The Morgan fingerprint density at radius 2 is 1.71 bits per heavy atom. The van der Waals surface area contributed by atoms with E-state index in [4.69, 9.17) is 0 Å². The van der Waals surface area contributed by atoms with Crippen molar-refractivity contribution in [3.8, 4) is 0 Å². The lowest BCUT2D eigenvalue weighted by atomic mass is 9.60. The first-order chi connectivity index (χ1) is 23.7. The fourth-order valence-electron chi connectivity index (χ4n) is 17.1. The molecule has 6 aromatic carbocycles. The third-order valence-electron chi connectivity index (χ3n) is 17.5. The molecule has 1 saturated heterocycles. The molecule has 48 heavy (non-hydrogen) atoms. The summed E-state index contributed by atoms with van der Waals surface area (Å²) in [6.07, 6.45) is 12.4. The maximum atomic E-state index is 2.95. The Labute approximate surface area is 280 Å². The number of fused-ring (bicyclic) bond motifs is 1. The van der Waals surface area contributed by atoms with Gasteiger partial charge in [-0.2, -0.15) is 0 Å². The van der Waals surface area contributed by atoms with Crippen LogP contribution in [0.25, 0.3) is 70.6 Å². The van der Waals surface area contributed by atoms with Gasteiger partial charge in [-0.25, -0.2) is 0 Å². The second-order valence-corrected chi connectivity index (χ2v) is 19.6. The summed E-state index contributed by atoms with van der Waals surface area (Å²) in [5.41, 5.74) is 21.8. The smallest absolute Gasteiger partial charge is 0.0516 e. The molecule has 0 N–H and O–H groups in total. The van der Waals surface area contributed by atoms with Crippen LogP contribution in [0.3, 0.4) is 0 Å². The number of likely N-dealkylation sites (tertiary alicyclic amines) is 1. The zero-order valence-corrected chi connectivity index (χ0v) is 27.5. The minimum atomic E-state index is 0.234. The zero-order valence-electron chi connectivity index (χ0n) is 26.7. The molecule has 1 spiro atoms. The Balaban J connectivity index is 1.20. The van der Waals surface area contributed by atoms with E-state index in [9.17, 15) is 0 Å². The third kappa shape index (κ3) is 1.64. The third-order valence-corrected chi connectivity index (χ3v) is 18.4. The molecule has 18 rings (SSSR count). The number of thiophene rings is 1. The number of nitrogens with zero attached hydrogens (tertiary/aromatic N) is 1. The van der Waals surface area contributed by atoms with Crippen LogP contribution in [0.1, 0.15) is 98.0 Å². The highest BCUT2D eigenvalue weighted by Gasteiger charge is 2.66. The predicted molar refractivity (Wildman–Crippen MR) is 195 cm³/mol. The Morgan fingerprint density at radius 3 is 2.65 bits per heavy atom. The molecule has 2 heteroatoms. The summed E-state index contributed by atoms with van der Waals surface area (Å²) >= 11 is 2.02. The molecule has 2 fully saturated rings. The van der Waals surface area contributed by atoms with Gasteiger partial charge in [-0.1, -0.05) is 24.3 Å². The van der Waals surface area contributed by atoms with Gasteiger partial charge >= 0.3 is 0 Å². The van der Waals surface area contributed by atoms with Crippen LogP contribution >= 0.6 is 11.3 Å². The van der Waals surface area contributed by atoms with Gasteiger partial charge in [0.2, 0.25) is 0 Å². The van der Waals surface area contributed by atoms with E-state index in [2.05, 4.69) is 47.7 Å². The molecule has 2 heterocycles. The van der Waals surface area contributed by atoms with Crippen molar-refractivity contribution in [2.24, 2.45) is 23.7 Å². The summed E-state index contributed by atoms with van der Waals surface area (Å²) in [6.45, 7) is 1.23. The van der Waals surface area contributed by atoms with E-state index < -0.39 is 0 Å². The van der Waals surface area contributed by atoms with Crippen molar-refractivity contribution >= 4 is 81.9 Å². The molecule has 9 unspecified atom stereocenters. The number of hydrogen-bond acceptors (Lipinski definition) is 2. The number of hydrogen-bond donors (Lipinski definition) is 0. The van der Waals surface area contributed by atoms with Gasteiger partial charge in [0.1, 0.15) is 0 Å². The molecule has 1 aliphatic heterocycles. The van der Waals surface area contributed by atoms with E-state index in [0.717, 1.165) is 5.92 Å². The fraction of sp³-hybridized carbons (Fsp3) is 0.348. The van der Waals surface area contributed by atoms with E-state index in [0.29, 0.717) is 41.5 Å². The summed E-state index contributed by atoms with van der Waals surface area (Å²) < 4.78 is 0. The van der Waals surface area contributed by atoms with Crippen molar-refractivity contribution in [3.63, 3.8) is 0 Å². The lowest BCUT2D eigenvalue weighted by Crippen LogP contribution is -2.39. The summed E-state index contributed by atoms with van der Waals surface area (Å²) in [5.74, 6) is 4.56. The second-order valence-electron chi connectivity index (χ2n) is 18.6. The molecule has 224 valence electrons. The van der Waals surface area contributed by atoms with Crippen LogP contribution in [0, 0.1) is 23.7 Å². The molecule has 0 radical (unpaired) electrons. The van der Waals surface area contributed by atoms with E-state index in [1.54, 1.807) is 97.4 Å². The highest BCUT2D eigenvalue weighted by Crippen LogP contribution is 2.77. The molecule has 1 saturated carbocycles. The molecule has 0 amide bonds. The number of benzene rings is 4. The average Bonchev–Trinajstić information content (AvgIpc) is 3.92. The first kappa shape index (κ1) is 22.1. The van der Waals surface area contributed by atoms with Crippen molar-refractivity contribution in [2.75, 3.05) is 13.6 Å². The predicted octanol–water partition coefficient (Wildman–Crippen LogP) is 9.41. The lowest BCUT2D eigenvalue weighted by molar-refractivity contribution is 0.302. The first-order valence-electron chi connectivity index (χ1n) is 19.1. The standard InChI is InChI=1S/C46H29NS/c1-47-13-46-12-20-10-18-8-15-5-14-6-17-7-16-9-19-11-21(43(46)45(47)22-3-2-4-48-22)30-35-26(19)25(16)32-27(17)31-23(14)24(15)33-28(18)34-29(20)44(46)42(30)41-39(34)37(33)36(31)38(32)40(35)41/h2-4,6,8,11,16,18-20,25,28,43,45H,5,7,9-10,12-13H2,1H3. The van der Waals surface area contributed by atoms with E-state index >= 15 is 0 Å². The zero-order chi connectivity index (χ0) is 29.7. The van der Waals surface area contributed by atoms with Crippen molar-refractivity contribution < 1.29 is 0 Å². The lowest BCUT2D eigenvalue weighted by Gasteiger charge is -2.42. The quantitative estimate of drug-likeness (QED) is 0.164. The Kier molecular flexibility index (Phi) is 2.73. The van der Waals surface area contributed by atoms with Crippen LogP contribution in [-0.4, -0.2) is 18.5 Å². The molecule has 11 aliphatic rings. The van der Waals surface area contributed by atoms with Gasteiger partial charge in [0.05, 0.1) is 6.04 Å². The van der Waals surface area contributed by atoms with Gasteiger partial charge in [0, 0.05) is 40.5 Å². The monoisotopic (exact) mass is 627 g/mol. The van der Waals surface area contributed by atoms with Gasteiger partial charge in [-0.05, 0) is 194 Å². The molecular formula is C46H29NS. The van der Waals surface area contributed by atoms with Crippen molar-refractivity contribution in [1.82, 2.24) is 4.90 Å². The molecule has 0 bridgehead atoms. The average molecular weight is 628 g/mol. The van der Waals surface area contributed by atoms with Crippen molar-refractivity contribution in [1.29, 1.82) is 0 Å². The fourth-order valence-corrected chi connectivity index (χ4v) is 18.1. The van der Waals surface area contributed by atoms with Crippen molar-refractivity contribution in [2.45, 2.75) is 61.3 Å². The first-order valence-corrected chi connectivity index (χ1v) is 19.9. The van der Waals surface area contributed by atoms with Gasteiger partial charge < -0.3 is 0 Å². The highest BCUT2D eigenvalue weighted by atomic mass is 32.1. The molecule has 7 aromatic rings. The number of likely N-dealkylation sites (N-methyl/N-ethyl adjacent to an activating group) is 1. The van der Waals surface area contributed by atoms with Gasteiger partial charge in [0.15, 0.2) is 0 Å². The largest absolute Gasteiger partial charge is 0.297 e. The molecule has 1 nitrogen and oxygen atoms in total. The summed E-state index contributed by atoms with van der Waals surface area (Å²) in [7, 11) is 2.49. The molecule has 1 aromatic heterocycles. The maximum Gasteiger partial charge on any atom is 0.0516 e. The van der Waals surface area contributed by atoms with Crippen LogP contribution in [0.2, 0.25) is 0 Å². The molecular weight excluding hydrogens is 599 g/mol. The van der Waals surface area contributed by atoms with Crippen LogP contribution < -0.4 is 5.22 Å². The molecule has 9 atom stereocenters. The Bertz CT molecular complexity index is 3130. The van der Waals surface area contributed by atoms with Crippen LogP contribution in [0.15, 0.2) is 35.7 Å². The molecule has 10 aliphatic carbocycles. The Hall–Kier alpha value is -3.72. The normalized spacial score (nSPS) is 37.8.